The van der Waals surface area contributed by atoms with Crippen molar-refractivity contribution in [3.05, 3.63) is 119 Å². The van der Waals surface area contributed by atoms with Gasteiger partial charge in [0.1, 0.15) is 13.2 Å². The van der Waals surface area contributed by atoms with Gasteiger partial charge in [-0.25, -0.2) is 9.59 Å². The summed E-state index contributed by atoms with van der Waals surface area (Å²) in [5, 5.41) is 5.55. The molecule has 2 N–H and O–H groups in total. The summed E-state index contributed by atoms with van der Waals surface area (Å²) in [6.07, 6.45) is -0.197. The maximum Gasteiger partial charge on any atom is 0.407 e. The smallest absolute Gasteiger partial charge is 0.407 e. The summed E-state index contributed by atoms with van der Waals surface area (Å²) in [6, 6.07) is 33.1. The van der Waals surface area contributed by atoms with Crippen molar-refractivity contribution in [1.29, 1.82) is 0 Å². The van der Waals surface area contributed by atoms with Gasteiger partial charge in [0.05, 0.1) is 85.9 Å². The second-order valence-corrected chi connectivity index (χ2v) is 14.1. The molecule has 0 aromatic heterocycles. The Balaban J connectivity index is 0.630. The first-order valence-corrected chi connectivity index (χ1v) is 20.9. The van der Waals surface area contributed by atoms with Gasteiger partial charge in [-0.05, 0) is 50.9 Å². The molecule has 0 aliphatic heterocycles. The Bertz CT molecular complexity index is 1670. The van der Waals surface area contributed by atoms with Crippen molar-refractivity contribution in [3.63, 3.8) is 0 Å². The highest BCUT2D eigenvalue weighted by atomic mass is 16.6. The van der Waals surface area contributed by atoms with Crippen LogP contribution in [0, 0.1) is 0 Å². The van der Waals surface area contributed by atoms with E-state index in [1.54, 1.807) is 0 Å². The van der Waals surface area contributed by atoms with Crippen LogP contribution < -0.4 is 10.6 Å². The Morgan fingerprint density at radius 3 is 1.00 bits per heavy atom. The van der Waals surface area contributed by atoms with Crippen LogP contribution in [0.5, 0.6) is 0 Å². The molecular formula is C47H58N2O11. The third-order valence-corrected chi connectivity index (χ3v) is 10.2. The molecule has 2 aliphatic rings. The van der Waals surface area contributed by atoms with E-state index in [0.717, 1.165) is 0 Å². The van der Waals surface area contributed by atoms with Gasteiger partial charge in [-0.3, -0.25) is 0 Å². The third kappa shape index (κ3) is 13.8. The van der Waals surface area contributed by atoms with Crippen molar-refractivity contribution >= 4 is 12.2 Å². The molecular weight excluding hydrogens is 769 g/mol. The van der Waals surface area contributed by atoms with Crippen LogP contribution in [-0.4, -0.2) is 131 Å². The van der Waals surface area contributed by atoms with E-state index >= 15 is 0 Å². The summed E-state index contributed by atoms with van der Waals surface area (Å²) >= 11 is 0. The fraction of sp³-hybridized carbons (Fsp3) is 0.447. The number of amides is 2. The summed E-state index contributed by atoms with van der Waals surface area (Å²) in [5.41, 5.74) is 9.56. The fourth-order valence-corrected chi connectivity index (χ4v) is 7.31. The molecule has 4 aromatic carbocycles. The zero-order chi connectivity index (χ0) is 41.5. The number of hydrogen-bond acceptors (Lipinski definition) is 11. The molecule has 0 bridgehead atoms. The van der Waals surface area contributed by atoms with Crippen LogP contribution in [0.4, 0.5) is 9.59 Å². The van der Waals surface area contributed by atoms with E-state index in [-0.39, 0.29) is 18.4 Å². The fourth-order valence-electron chi connectivity index (χ4n) is 7.31. The van der Waals surface area contributed by atoms with Gasteiger partial charge in [0.25, 0.3) is 0 Å². The molecule has 60 heavy (non-hydrogen) atoms. The zero-order valence-corrected chi connectivity index (χ0v) is 34.3. The number of alkyl carbamates (subject to hydrolysis) is 2. The summed E-state index contributed by atoms with van der Waals surface area (Å²) in [5.74, 6) is 0.0768. The lowest BCUT2D eigenvalue weighted by atomic mass is 9.98. The molecule has 0 heterocycles. The predicted octanol–water partition coefficient (Wildman–Crippen LogP) is 6.57. The highest BCUT2D eigenvalue weighted by Crippen LogP contribution is 2.45. The normalized spacial score (nSPS) is 12.7. The molecule has 4 aromatic rings. The number of fused-ring (bicyclic) bond motifs is 6. The SMILES string of the molecule is O=C(NCCCOCCOCCOCCOCCOCCOCCOCCNC(=O)OCC1c2ccccc2-c2ccccc21)OCC1c2ccccc2-c2ccccc21. The lowest BCUT2D eigenvalue weighted by Crippen LogP contribution is -2.29. The topological polar surface area (TPSA) is 141 Å². The number of nitrogens with one attached hydrogen (secondary N) is 2. The van der Waals surface area contributed by atoms with Crippen molar-refractivity contribution in [1.82, 2.24) is 10.6 Å². The average molecular weight is 827 g/mol. The van der Waals surface area contributed by atoms with E-state index in [4.69, 9.17) is 42.6 Å². The molecule has 0 unspecified atom stereocenters. The number of carbonyl (C=O) groups is 2. The third-order valence-electron chi connectivity index (χ3n) is 10.2. The summed E-state index contributed by atoms with van der Waals surface area (Å²) in [4.78, 5) is 24.6. The maximum atomic E-state index is 12.3. The molecule has 0 spiro atoms. The van der Waals surface area contributed by atoms with Crippen LogP contribution in [0.15, 0.2) is 97.1 Å². The van der Waals surface area contributed by atoms with E-state index in [1.807, 2.05) is 48.5 Å². The number of carbonyl (C=O) groups excluding carboxylic acids is 2. The monoisotopic (exact) mass is 826 g/mol. The summed E-state index contributed by atoms with van der Waals surface area (Å²) in [7, 11) is 0. The average Bonchev–Trinajstić information content (AvgIpc) is 3.78. The van der Waals surface area contributed by atoms with Gasteiger partial charge in [-0.1, -0.05) is 97.1 Å². The van der Waals surface area contributed by atoms with E-state index in [2.05, 4.69) is 59.2 Å². The van der Waals surface area contributed by atoms with Gasteiger partial charge in [-0.15, -0.1) is 0 Å². The Kier molecular flexibility index (Phi) is 19.1. The van der Waals surface area contributed by atoms with Crippen LogP contribution in [0.1, 0.15) is 40.5 Å². The van der Waals surface area contributed by atoms with Crippen molar-refractivity contribution in [2.45, 2.75) is 18.3 Å². The molecule has 0 saturated heterocycles. The molecule has 13 heteroatoms. The predicted molar refractivity (Wildman–Crippen MR) is 226 cm³/mol. The highest BCUT2D eigenvalue weighted by molar-refractivity contribution is 5.80. The Morgan fingerprint density at radius 2 is 0.650 bits per heavy atom. The quantitative estimate of drug-likeness (QED) is 0.0575. The van der Waals surface area contributed by atoms with Crippen molar-refractivity contribution in [3.8, 4) is 22.3 Å². The molecule has 2 aliphatic carbocycles. The number of ether oxygens (including phenoxy) is 9. The summed E-state index contributed by atoms with van der Waals surface area (Å²) < 4.78 is 49.9. The van der Waals surface area contributed by atoms with Crippen LogP contribution in [-0.2, 0) is 42.6 Å². The van der Waals surface area contributed by atoms with Crippen LogP contribution in [0.25, 0.3) is 22.3 Å². The first-order valence-electron chi connectivity index (χ1n) is 20.9. The zero-order valence-electron chi connectivity index (χ0n) is 34.3. The molecule has 322 valence electrons. The van der Waals surface area contributed by atoms with Crippen LogP contribution in [0.2, 0.25) is 0 Å². The van der Waals surface area contributed by atoms with Gasteiger partial charge in [0.2, 0.25) is 0 Å². The molecule has 13 nitrogen and oxygen atoms in total. The molecule has 2 amide bonds. The lowest BCUT2D eigenvalue weighted by molar-refractivity contribution is -0.0204. The largest absolute Gasteiger partial charge is 0.449 e. The van der Waals surface area contributed by atoms with Gasteiger partial charge in [0.15, 0.2) is 0 Å². The Morgan fingerprint density at radius 1 is 0.367 bits per heavy atom. The number of rotatable bonds is 29. The number of benzene rings is 4. The molecule has 0 radical (unpaired) electrons. The molecule has 0 fully saturated rings. The first-order chi connectivity index (χ1) is 29.7. The first kappa shape index (κ1) is 44.7. The number of hydrogen-bond donors (Lipinski definition) is 2. The van der Waals surface area contributed by atoms with E-state index in [1.165, 1.54) is 44.5 Å². The molecule has 6 rings (SSSR count). The second-order valence-electron chi connectivity index (χ2n) is 14.1. The van der Waals surface area contributed by atoms with Crippen molar-refractivity contribution in [2.24, 2.45) is 0 Å². The molecule has 0 saturated carbocycles. The highest BCUT2D eigenvalue weighted by Gasteiger charge is 2.30. The van der Waals surface area contributed by atoms with E-state index in [9.17, 15) is 9.59 Å². The lowest BCUT2D eigenvalue weighted by Gasteiger charge is -2.14. The Hall–Kier alpha value is -4.86. The van der Waals surface area contributed by atoms with Crippen LogP contribution in [0.3, 0.4) is 0 Å². The van der Waals surface area contributed by atoms with Gasteiger partial charge < -0.3 is 53.3 Å². The maximum absolute atomic E-state index is 12.3. The van der Waals surface area contributed by atoms with Gasteiger partial charge in [-0.2, -0.15) is 0 Å². The van der Waals surface area contributed by atoms with Crippen molar-refractivity contribution in [2.75, 3.05) is 119 Å². The standard InChI is InChI=1S/C47H58N2O11/c50-46(59-34-44-40-14-5-1-10-36(40)37-11-2-6-15-41(37)44)48-18-9-20-52-22-24-54-26-28-56-30-32-58-33-31-57-29-27-55-25-23-53-21-19-49-47(51)60-35-45-42-16-7-3-12-38(42)39-13-4-8-17-43(39)45/h1-8,10-17,44-45H,9,18-35H2,(H,48,50)(H,49,51). The van der Waals surface area contributed by atoms with Crippen molar-refractivity contribution < 1.29 is 52.2 Å². The van der Waals surface area contributed by atoms with E-state index < -0.39 is 12.2 Å². The second kappa shape index (κ2) is 25.7. The van der Waals surface area contributed by atoms with Crippen LogP contribution >= 0.6 is 0 Å². The van der Waals surface area contributed by atoms with E-state index in [0.29, 0.717) is 119 Å². The summed E-state index contributed by atoms with van der Waals surface area (Å²) in [6.45, 7) is 7.82. The van der Waals surface area contributed by atoms with Gasteiger partial charge in [0, 0.05) is 31.5 Å². The van der Waals surface area contributed by atoms with Gasteiger partial charge >= 0.3 is 12.2 Å². The minimum absolute atomic E-state index is 0.0323. The minimum atomic E-state index is -0.456. The minimum Gasteiger partial charge on any atom is -0.449 e. The Labute approximate surface area is 352 Å². The molecule has 0 atom stereocenters.